The third-order valence-electron chi connectivity index (χ3n) is 3.68. The van der Waals surface area contributed by atoms with E-state index in [1.54, 1.807) is 11.3 Å². The van der Waals surface area contributed by atoms with Crippen molar-refractivity contribution in [1.82, 2.24) is 4.98 Å². The number of rotatable bonds is 5. The number of thiophene rings is 1. The molecule has 0 radical (unpaired) electrons. The first kappa shape index (κ1) is 12.9. The lowest BCUT2D eigenvalue weighted by Crippen LogP contribution is -2.20. The van der Waals surface area contributed by atoms with Crippen molar-refractivity contribution in [2.24, 2.45) is 0 Å². The Balaban J connectivity index is 1.48. The third kappa shape index (κ3) is 3.25. The van der Waals surface area contributed by atoms with Crippen molar-refractivity contribution in [3.05, 3.63) is 23.7 Å². The number of ether oxygens (including phenoxy) is 1. The van der Waals surface area contributed by atoms with Crippen LogP contribution in [0.5, 0.6) is 0 Å². The molecule has 3 rings (SSSR count). The van der Waals surface area contributed by atoms with Gasteiger partial charge in [0.1, 0.15) is 5.82 Å². The van der Waals surface area contributed by atoms with Gasteiger partial charge in [0.2, 0.25) is 0 Å². The molecule has 2 aromatic heterocycles. The second-order valence-electron chi connectivity index (χ2n) is 5.05. The molecule has 2 heterocycles. The maximum atomic E-state index is 5.91. The second kappa shape index (κ2) is 6.35. The van der Waals surface area contributed by atoms with Gasteiger partial charge in [-0.1, -0.05) is 19.3 Å². The Kier molecular flexibility index (Phi) is 4.30. The van der Waals surface area contributed by atoms with Crippen molar-refractivity contribution in [3.63, 3.8) is 0 Å². The van der Waals surface area contributed by atoms with Crippen LogP contribution in [-0.4, -0.2) is 24.2 Å². The summed E-state index contributed by atoms with van der Waals surface area (Å²) in [6.07, 6.45) is 8.85. The van der Waals surface area contributed by atoms with E-state index in [-0.39, 0.29) is 0 Å². The fourth-order valence-electron chi connectivity index (χ4n) is 2.66. The molecular weight excluding hydrogens is 256 g/mol. The molecule has 102 valence electrons. The first-order valence-corrected chi connectivity index (χ1v) is 7.99. The Morgan fingerprint density at radius 1 is 1.26 bits per heavy atom. The zero-order chi connectivity index (χ0) is 12.9. The summed E-state index contributed by atoms with van der Waals surface area (Å²) in [5, 5.41) is 6.70. The third-order valence-corrected chi connectivity index (χ3v) is 4.56. The summed E-state index contributed by atoms with van der Waals surface area (Å²) < 4.78 is 7.19. The van der Waals surface area contributed by atoms with Crippen molar-refractivity contribution >= 4 is 27.2 Å². The Labute approximate surface area is 118 Å². The van der Waals surface area contributed by atoms with E-state index in [4.69, 9.17) is 4.74 Å². The average molecular weight is 276 g/mol. The minimum absolute atomic E-state index is 0.487. The van der Waals surface area contributed by atoms with Gasteiger partial charge in [0, 0.05) is 22.8 Å². The number of hydrogen-bond acceptors (Lipinski definition) is 4. The Morgan fingerprint density at radius 2 is 2.16 bits per heavy atom. The molecule has 0 spiro atoms. The van der Waals surface area contributed by atoms with Crippen LogP contribution in [-0.2, 0) is 4.74 Å². The molecule has 1 N–H and O–H groups in total. The summed E-state index contributed by atoms with van der Waals surface area (Å²) in [7, 11) is 0. The van der Waals surface area contributed by atoms with Gasteiger partial charge in [0.15, 0.2) is 0 Å². The second-order valence-corrected chi connectivity index (χ2v) is 6.00. The predicted octanol–water partition coefficient (Wildman–Crippen LogP) is 4.06. The van der Waals surface area contributed by atoms with E-state index in [0.717, 1.165) is 19.0 Å². The van der Waals surface area contributed by atoms with E-state index in [1.807, 2.05) is 6.20 Å². The quantitative estimate of drug-likeness (QED) is 0.836. The number of hydrogen-bond donors (Lipinski definition) is 1. The fourth-order valence-corrected chi connectivity index (χ4v) is 3.44. The minimum Gasteiger partial charge on any atom is -0.376 e. The van der Waals surface area contributed by atoms with E-state index in [0.29, 0.717) is 6.10 Å². The first-order chi connectivity index (χ1) is 9.43. The summed E-state index contributed by atoms with van der Waals surface area (Å²) in [4.78, 5) is 4.40. The lowest BCUT2D eigenvalue weighted by atomic mass is 9.98. The van der Waals surface area contributed by atoms with Gasteiger partial charge >= 0.3 is 0 Å². The number of anilines is 1. The molecule has 0 unspecified atom stereocenters. The average Bonchev–Trinajstić information content (AvgIpc) is 2.94. The van der Waals surface area contributed by atoms with Crippen molar-refractivity contribution < 1.29 is 4.74 Å². The SMILES string of the molecule is c1cc2sccc2c(NCCOC2CCCCC2)n1. The van der Waals surface area contributed by atoms with Crippen LogP contribution in [0.25, 0.3) is 10.1 Å². The topological polar surface area (TPSA) is 34.1 Å². The molecular formula is C15H20N2OS. The summed E-state index contributed by atoms with van der Waals surface area (Å²) in [5.41, 5.74) is 0. The van der Waals surface area contributed by atoms with E-state index in [9.17, 15) is 0 Å². The zero-order valence-electron chi connectivity index (χ0n) is 11.1. The van der Waals surface area contributed by atoms with Gasteiger partial charge in [-0.05, 0) is 30.4 Å². The van der Waals surface area contributed by atoms with Crippen LogP contribution in [0, 0.1) is 0 Å². The largest absolute Gasteiger partial charge is 0.376 e. The van der Waals surface area contributed by atoms with Crippen molar-refractivity contribution in [1.29, 1.82) is 0 Å². The van der Waals surface area contributed by atoms with Gasteiger partial charge in [-0.2, -0.15) is 0 Å². The van der Waals surface area contributed by atoms with E-state index >= 15 is 0 Å². The van der Waals surface area contributed by atoms with Gasteiger partial charge in [-0.25, -0.2) is 4.98 Å². The highest BCUT2D eigenvalue weighted by Crippen LogP contribution is 2.25. The Morgan fingerprint density at radius 3 is 3.05 bits per heavy atom. The van der Waals surface area contributed by atoms with Crippen LogP contribution in [0.1, 0.15) is 32.1 Å². The number of fused-ring (bicyclic) bond motifs is 1. The molecule has 1 aliphatic rings. The minimum atomic E-state index is 0.487. The standard InChI is InChI=1S/C15H20N2OS/c1-2-4-12(5-3-1)18-10-9-17-15-13-7-11-19-14(13)6-8-16-15/h6-8,11-12H,1-5,9-10H2,(H,16,17). The lowest BCUT2D eigenvalue weighted by molar-refractivity contribution is 0.0347. The number of nitrogens with zero attached hydrogens (tertiary/aromatic N) is 1. The van der Waals surface area contributed by atoms with E-state index in [2.05, 4.69) is 27.8 Å². The number of nitrogens with one attached hydrogen (secondary N) is 1. The molecule has 0 saturated heterocycles. The predicted molar refractivity (Wildman–Crippen MR) is 80.9 cm³/mol. The lowest BCUT2D eigenvalue weighted by Gasteiger charge is -2.22. The highest BCUT2D eigenvalue weighted by Gasteiger charge is 2.13. The molecule has 4 heteroatoms. The number of aromatic nitrogens is 1. The molecule has 1 fully saturated rings. The van der Waals surface area contributed by atoms with Crippen molar-refractivity contribution in [2.75, 3.05) is 18.5 Å². The maximum absolute atomic E-state index is 5.91. The summed E-state index contributed by atoms with van der Waals surface area (Å²) in [6.45, 7) is 1.60. The fraction of sp³-hybridized carbons (Fsp3) is 0.533. The van der Waals surface area contributed by atoms with Crippen molar-refractivity contribution in [2.45, 2.75) is 38.2 Å². The van der Waals surface area contributed by atoms with Gasteiger partial charge in [0.05, 0.1) is 12.7 Å². The first-order valence-electron chi connectivity index (χ1n) is 7.11. The molecule has 3 nitrogen and oxygen atoms in total. The van der Waals surface area contributed by atoms with E-state index < -0.39 is 0 Å². The van der Waals surface area contributed by atoms with Gasteiger partial charge in [-0.15, -0.1) is 11.3 Å². The van der Waals surface area contributed by atoms with Gasteiger partial charge in [0.25, 0.3) is 0 Å². The van der Waals surface area contributed by atoms with E-state index in [1.165, 1.54) is 42.2 Å². The molecule has 1 saturated carbocycles. The summed E-state index contributed by atoms with van der Waals surface area (Å²) in [5.74, 6) is 0.978. The zero-order valence-corrected chi connectivity index (χ0v) is 11.9. The van der Waals surface area contributed by atoms with Crippen LogP contribution in [0.4, 0.5) is 5.82 Å². The Bertz CT molecular complexity index is 520. The Hall–Kier alpha value is -1.13. The summed E-state index contributed by atoms with van der Waals surface area (Å²) >= 11 is 1.75. The van der Waals surface area contributed by atoms with Gasteiger partial charge in [-0.3, -0.25) is 0 Å². The highest BCUT2D eigenvalue weighted by molar-refractivity contribution is 7.17. The normalized spacial score (nSPS) is 16.8. The summed E-state index contributed by atoms with van der Waals surface area (Å²) in [6, 6.07) is 4.18. The van der Waals surface area contributed by atoms with Gasteiger partial charge < -0.3 is 10.1 Å². The maximum Gasteiger partial charge on any atom is 0.134 e. The molecule has 0 bridgehead atoms. The molecule has 0 aromatic carbocycles. The molecule has 1 aliphatic carbocycles. The number of pyridine rings is 1. The van der Waals surface area contributed by atoms with Crippen LogP contribution in [0.15, 0.2) is 23.7 Å². The van der Waals surface area contributed by atoms with Crippen molar-refractivity contribution in [3.8, 4) is 0 Å². The molecule has 0 amide bonds. The van der Waals surface area contributed by atoms with Crippen LogP contribution < -0.4 is 5.32 Å². The molecule has 2 aromatic rings. The highest BCUT2D eigenvalue weighted by atomic mass is 32.1. The smallest absolute Gasteiger partial charge is 0.134 e. The molecule has 0 aliphatic heterocycles. The van der Waals surface area contributed by atoms with Crippen LogP contribution >= 0.6 is 11.3 Å². The molecule has 0 atom stereocenters. The monoisotopic (exact) mass is 276 g/mol. The van der Waals surface area contributed by atoms with Crippen LogP contribution in [0.3, 0.4) is 0 Å². The van der Waals surface area contributed by atoms with Crippen LogP contribution in [0.2, 0.25) is 0 Å². The molecule has 19 heavy (non-hydrogen) atoms.